The Balaban J connectivity index is 1.40. The molecule has 0 radical (unpaired) electrons. The minimum atomic E-state index is -0.677. The fraction of sp³-hybridized carbons (Fsp3) is 0.560. The first kappa shape index (κ1) is 23.9. The van der Waals surface area contributed by atoms with Crippen molar-refractivity contribution in [2.75, 3.05) is 30.9 Å². The predicted octanol–water partition coefficient (Wildman–Crippen LogP) is 4.31. The van der Waals surface area contributed by atoms with Crippen LogP contribution in [0.15, 0.2) is 30.5 Å². The van der Waals surface area contributed by atoms with Gasteiger partial charge >= 0.3 is 0 Å². The topological polar surface area (TPSA) is 78.4 Å². The minimum absolute atomic E-state index is 0.169. The summed E-state index contributed by atoms with van der Waals surface area (Å²) < 4.78 is 34.4. The molecule has 4 rings (SSSR count). The van der Waals surface area contributed by atoms with Crippen molar-refractivity contribution in [3.8, 4) is 11.1 Å². The molecule has 0 spiro atoms. The highest BCUT2D eigenvalue weighted by molar-refractivity contribution is 5.71. The molecule has 2 fully saturated rings. The van der Waals surface area contributed by atoms with Crippen molar-refractivity contribution < 1.29 is 18.6 Å². The lowest BCUT2D eigenvalue weighted by Crippen LogP contribution is -2.42. The molecule has 33 heavy (non-hydrogen) atoms. The molecule has 1 aromatic carbocycles. The summed E-state index contributed by atoms with van der Waals surface area (Å²) >= 11 is 0. The second-order valence-corrected chi connectivity index (χ2v) is 9.54. The van der Waals surface area contributed by atoms with E-state index in [1.807, 2.05) is 0 Å². The van der Waals surface area contributed by atoms with Gasteiger partial charge in [0.2, 0.25) is 0 Å². The van der Waals surface area contributed by atoms with Crippen LogP contribution in [-0.4, -0.2) is 54.1 Å². The largest absolute Gasteiger partial charge is 0.388 e. The lowest BCUT2D eigenvalue weighted by Gasteiger charge is -2.31. The third-order valence-electron chi connectivity index (χ3n) is 6.58. The van der Waals surface area contributed by atoms with E-state index in [1.54, 1.807) is 25.3 Å². The molecule has 2 aromatic rings. The van der Waals surface area contributed by atoms with Gasteiger partial charge in [0.05, 0.1) is 18.4 Å². The molecule has 1 heterocycles. The molecule has 0 bridgehead atoms. The first-order valence-electron chi connectivity index (χ1n) is 11.8. The Hall–Kier alpha value is -2.29. The van der Waals surface area contributed by atoms with Gasteiger partial charge in [-0.2, -0.15) is 0 Å². The number of hydrogen-bond donors (Lipinski definition) is 4. The molecule has 2 saturated carbocycles. The summed E-state index contributed by atoms with van der Waals surface area (Å²) in [6, 6.07) is 7.10. The molecule has 0 aliphatic heterocycles. The van der Waals surface area contributed by atoms with E-state index < -0.39 is 17.2 Å². The van der Waals surface area contributed by atoms with Gasteiger partial charge in [0, 0.05) is 48.6 Å². The summed E-state index contributed by atoms with van der Waals surface area (Å²) in [5, 5.41) is 20.2. The van der Waals surface area contributed by atoms with Crippen LogP contribution in [0, 0.1) is 11.6 Å². The summed E-state index contributed by atoms with van der Waals surface area (Å²) in [7, 11) is 1.71. The van der Waals surface area contributed by atoms with Crippen molar-refractivity contribution in [2.24, 2.45) is 0 Å². The molecule has 2 aliphatic carbocycles. The van der Waals surface area contributed by atoms with Crippen LogP contribution in [-0.2, 0) is 4.74 Å². The summed E-state index contributed by atoms with van der Waals surface area (Å²) in [5.41, 5.74) is 0.309. The molecule has 1 aromatic heterocycles. The highest BCUT2D eigenvalue weighted by atomic mass is 19.1. The van der Waals surface area contributed by atoms with Crippen molar-refractivity contribution in [3.05, 3.63) is 42.1 Å². The average molecular weight is 461 g/mol. The van der Waals surface area contributed by atoms with Gasteiger partial charge < -0.3 is 25.8 Å². The second-order valence-electron chi connectivity index (χ2n) is 9.54. The number of methoxy groups -OCH3 is 1. The molecule has 1 atom stereocenters. The molecule has 180 valence electrons. The van der Waals surface area contributed by atoms with Gasteiger partial charge in [-0.1, -0.05) is 0 Å². The summed E-state index contributed by atoms with van der Waals surface area (Å²) in [5.74, 6) is -0.531. The van der Waals surface area contributed by atoms with Crippen LogP contribution in [0.25, 0.3) is 11.1 Å². The van der Waals surface area contributed by atoms with Crippen LogP contribution in [0.2, 0.25) is 0 Å². The summed E-state index contributed by atoms with van der Waals surface area (Å²) in [6.07, 6.45) is 6.68. The number of aliphatic hydroxyl groups is 1. The van der Waals surface area contributed by atoms with E-state index in [9.17, 15) is 13.9 Å². The van der Waals surface area contributed by atoms with Gasteiger partial charge in [-0.3, -0.25) is 0 Å². The molecule has 6 nitrogen and oxygen atoms in total. The third kappa shape index (κ3) is 6.40. The summed E-state index contributed by atoms with van der Waals surface area (Å²) in [4.78, 5) is 4.19. The number of ether oxygens (including phenoxy) is 1. The number of nitrogens with one attached hydrogen (secondary N) is 3. The number of nitrogens with zero attached hydrogens (tertiary/aromatic N) is 1. The molecular formula is C25H34F2N4O2. The lowest BCUT2D eigenvalue weighted by molar-refractivity contribution is 0.161. The molecular weight excluding hydrogens is 426 g/mol. The third-order valence-corrected chi connectivity index (χ3v) is 6.58. The number of halogens is 2. The molecule has 0 unspecified atom stereocenters. The molecule has 0 amide bonds. The van der Waals surface area contributed by atoms with E-state index in [2.05, 4.69) is 27.9 Å². The average Bonchev–Trinajstić information content (AvgIpc) is 3.53. The molecule has 2 aliphatic rings. The Morgan fingerprint density at radius 2 is 1.79 bits per heavy atom. The van der Waals surface area contributed by atoms with E-state index in [0.717, 1.165) is 44.7 Å². The molecule has 8 heteroatoms. The predicted molar refractivity (Wildman–Crippen MR) is 126 cm³/mol. The number of anilines is 2. The zero-order valence-electron chi connectivity index (χ0n) is 19.3. The first-order valence-corrected chi connectivity index (χ1v) is 11.8. The fourth-order valence-electron chi connectivity index (χ4n) is 4.47. The van der Waals surface area contributed by atoms with Crippen LogP contribution in [0.1, 0.15) is 45.4 Å². The maximum Gasteiger partial charge on any atom is 0.149 e. The van der Waals surface area contributed by atoms with Gasteiger partial charge in [-0.25, -0.2) is 13.8 Å². The lowest BCUT2D eigenvalue weighted by atomic mass is 9.90. The Morgan fingerprint density at radius 1 is 1.09 bits per heavy atom. The number of rotatable bonds is 10. The van der Waals surface area contributed by atoms with Gasteiger partial charge in [0.15, 0.2) is 0 Å². The van der Waals surface area contributed by atoms with E-state index in [0.29, 0.717) is 36.7 Å². The smallest absolute Gasteiger partial charge is 0.149 e. The van der Waals surface area contributed by atoms with Gasteiger partial charge in [-0.15, -0.1) is 0 Å². The molecule has 4 N–H and O–H groups in total. The summed E-state index contributed by atoms with van der Waals surface area (Å²) in [6.45, 7) is 3.20. The quantitative estimate of drug-likeness (QED) is 0.423. The highest BCUT2D eigenvalue weighted by Gasteiger charge is 2.39. The van der Waals surface area contributed by atoms with Crippen molar-refractivity contribution in [3.63, 3.8) is 0 Å². The van der Waals surface area contributed by atoms with Crippen molar-refractivity contribution in [1.82, 2.24) is 10.3 Å². The number of aromatic nitrogens is 1. The normalized spacial score (nSPS) is 22.6. The number of benzene rings is 1. The minimum Gasteiger partial charge on any atom is -0.388 e. The highest BCUT2D eigenvalue weighted by Crippen LogP contribution is 2.36. The van der Waals surface area contributed by atoms with E-state index in [4.69, 9.17) is 4.74 Å². The SMILES string of the molecule is COC[C@@H](C)N[C@H]1CC[C@H](Nc2cc(-c3cc(NCC4(O)CC4)ccc3F)c(F)cn2)CC1. The van der Waals surface area contributed by atoms with Gasteiger partial charge in [-0.05, 0) is 69.7 Å². The van der Waals surface area contributed by atoms with Crippen molar-refractivity contribution >= 4 is 11.5 Å². The monoisotopic (exact) mass is 460 g/mol. The van der Waals surface area contributed by atoms with Gasteiger partial charge in [0.1, 0.15) is 17.5 Å². The van der Waals surface area contributed by atoms with E-state index >= 15 is 0 Å². The first-order chi connectivity index (χ1) is 15.8. The van der Waals surface area contributed by atoms with E-state index in [1.165, 1.54) is 6.07 Å². The van der Waals surface area contributed by atoms with Gasteiger partial charge in [0.25, 0.3) is 0 Å². The van der Waals surface area contributed by atoms with Crippen LogP contribution in [0.5, 0.6) is 0 Å². The van der Waals surface area contributed by atoms with Crippen LogP contribution in [0.4, 0.5) is 20.3 Å². The van der Waals surface area contributed by atoms with E-state index in [-0.39, 0.29) is 17.2 Å². The maximum atomic E-state index is 14.6. The van der Waals surface area contributed by atoms with Crippen LogP contribution in [0.3, 0.4) is 0 Å². The Labute approximate surface area is 194 Å². The fourth-order valence-corrected chi connectivity index (χ4v) is 4.47. The number of pyridine rings is 1. The second kappa shape index (κ2) is 10.3. The maximum absolute atomic E-state index is 14.6. The van der Waals surface area contributed by atoms with Crippen LogP contribution < -0.4 is 16.0 Å². The molecule has 0 saturated heterocycles. The van der Waals surface area contributed by atoms with Crippen LogP contribution >= 0.6 is 0 Å². The standard InChI is InChI=1S/C25H34F2N4O2/c1-16(14-33-2)30-17-3-5-18(6-4-17)31-24-12-21(23(27)13-28-24)20-11-19(7-8-22(20)26)29-15-25(32)9-10-25/h7-8,11-13,16-18,29-30,32H,3-6,9-10,14-15H2,1-2H3,(H,28,31)/t16-,17-,18-/m1/s1. The van der Waals surface area contributed by atoms with Crippen molar-refractivity contribution in [2.45, 2.75) is 69.2 Å². The zero-order valence-corrected chi connectivity index (χ0v) is 19.3. The Bertz CT molecular complexity index is 946. The zero-order chi connectivity index (χ0) is 23.4. The Kier molecular flexibility index (Phi) is 7.46. The Morgan fingerprint density at radius 3 is 2.48 bits per heavy atom. The number of hydrogen-bond acceptors (Lipinski definition) is 6. The van der Waals surface area contributed by atoms with Crippen molar-refractivity contribution in [1.29, 1.82) is 0 Å².